The van der Waals surface area contributed by atoms with Crippen LogP contribution in [-0.2, 0) is 20.9 Å². The van der Waals surface area contributed by atoms with Crippen LogP contribution >= 0.6 is 11.3 Å². The van der Waals surface area contributed by atoms with E-state index >= 15 is 0 Å². The monoisotopic (exact) mass is 390 g/mol. The van der Waals surface area contributed by atoms with E-state index in [2.05, 4.69) is 0 Å². The molecule has 6 heteroatoms. The van der Waals surface area contributed by atoms with Gasteiger partial charge in [0.25, 0.3) is 0 Å². The second-order valence-corrected chi connectivity index (χ2v) is 8.60. The van der Waals surface area contributed by atoms with E-state index < -0.39 is 11.8 Å². The van der Waals surface area contributed by atoms with E-state index in [1.54, 1.807) is 19.1 Å². The Morgan fingerprint density at radius 2 is 2.07 bits per heavy atom. The van der Waals surface area contributed by atoms with Crippen molar-refractivity contribution >= 4 is 33.4 Å². The smallest absolute Gasteiger partial charge is 0.348 e. The summed E-state index contributed by atoms with van der Waals surface area (Å²) in [6.07, 6.45) is 5.28. The van der Waals surface area contributed by atoms with Gasteiger partial charge < -0.3 is 9.47 Å². The topological polar surface area (TPSA) is 52.6 Å². The normalized spacial score (nSPS) is 23.7. The Labute approximate surface area is 161 Å². The van der Waals surface area contributed by atoms with Gasteiger partial charge in [-0.1, -0.05) is 12.5 Å². The van der Waals surface area contributed by atoms with Crippen molar-refractivity contribution in [2.24, 2.45) is 17.8 Å². The summed E-state index contributed by atoms with van der Waals surface area (Å²) in [5.74, 6) is 0.653. The molecule has 1 aromatic heterocycles. The SMILES string of the molecule is CCOC(=O)c1sc2cccc(F)c2c1COC(=O)C[C@@H]1C[C@@H]2CC[C@@H]1C2. The summed E-state index contributed by atoms with van der Waals surface area (Å²) in [5, 5.41) is 0.346. The Kier molecular flexibility index (Phi) is 5.17. The van der Waals surface area contributed by atoms with Crippen LogP contribution in [0, 0.1) is 23.6 Å². The molecular formula is C21H23FO4S. The summed E-state index contributed by atoms with van der Waals surface area (Å²) < 4.78 is 25.6. The van der Waals surface area contributed by atoms with Crippen molar-refractivity contribution in [3.05, 3.63) is 34.5 Å². The van der Waals surface area contributed by atoms with Crippen LogP contribution in [0.2, 0.25) is 0 Å². The third-order valence-corrected chi connectivity index (χ3v) is 7.09. The van der Waals surface area contributed by atoms with Crippen molar-refractivity contribution in [1.82, 2.24) is 0 Å². The molecule has 1 aromatic carbocycles. The number of carbonyl (C=O) groups is 2. The van der Waals surface area contributed by atoms with Crippen molar-refractivity contribution in [3.63, 3.8) is 0 Å². The number of halogens is 1. The maximum Gasteiger partial charge on any atom is 0.348 e. The van der Waals surface area contributed by atoms with E-state index in [1.807, 2.05) is 0 Å². The summed E-state index contributed by atoms with van der Waals surface area (Å²) in [6, 6.07) is 4.71. The lowest BCUT2D eigenvalue weighted by Crippen LogP contribution is -2.17. The van der Waals surface area contributed by atoms with E-state index in [1.165, 1.54) is 36.7 Å². The Bertz CT molecular complexity index is 874. The molecular weight excluding hydrogens is 367 g/mol. The summed E-state index contributed by atoms with van der Waals surface area (Å²) in [5.41, 5.74) is 0.410. The van der Waals surface area contributed by atoms with Crippen LogP contribution in [0.4, 0.5) is 4.39 Å². The van der Waals surface area contributed by atoms with E-state index in [0.29, 0.717) is 38.8 Å². The van der Waals surface area contributed by atoms with Gasteiger partial charge >= 0.3 is 11.9 Å². The number of rotatable bonds is 6. The van der Waals surface area contributed by atoms with Crippen LogP contribution in [0.5, 0.6) is 0 Å². The van der Waals surface area contributed by atoms with Crippen molar-refractivity contribution in [2.75, 3.05) is 6.61 Å². The summed E-state index contributed by atoms with van der Waals surface area (Å²) in [6.45, 7) is 1.86. The molecule has 144 valence electrons. The number of hydrogen-bond donors (Lipinski definition) is 0. The second kappa shape index (κ2) is 7.58. The Morgan fingerprint density at radius 1 is 1.22 bits per heavy atom. The van der Waals surface area contributed by atoms with Crippen LogP contribution in [0.25, 0.3) is 10.1 Å². The van der Waals surface area contributed by atoms with Gasteiger partial charge in [0.15, 0.2) is 0 Å². The quantitative estimate of drug-likeness (QED) is 0.645. The third kappa shape index (κ3) is 3.59. The first-order chi connectivity index (χ1) is 13.1. The molecule has 0 saturated heterocycles. The first kappa shape index (κ1) is 18.4. The predicted molar refractivity (Wildman–Crippen MR) is 101 cm³/mol. The molecule has 2 bridgehead atoms. The van der Waals surface area contributed by atoms with Gasteiger partial charge in [-0.15, -0.1) is 11.3 Å². The lowest BCUT2D eigenvalue weighted by Gasteiger charge is -2.20. The number of hydrogen-bond acceptors (Lipinski definition) is 5. The fraction of sp³-hybridized carbons (Fsp3) is 0.524. The minimum Gasteiger partial charge on any atom is -0.462 e. The summed E-state index contributed by atoms with van der Waals surface area (Å²) in [4.78, 5) is 25.0. The maximum absolute atomic E-state index is 14.4. The van der Waals surface area contributed by atoms with Crippen LogP contribution in [0.1, 0.15) is 54.3 Å². The van der Waals surface area contributed by atoms with Crippen molar-refractivity contribution in [1.29, 1.82) is 0 Å². The molecule has 1 heterocycles. The van der Waals surface area contributed by atoms with Crippen molar-refractivity contribution < 1.29 is 23.5 Å². The molecule has 0 spiro atoms. The highest BCUT2D eigenvalue weighted by Gasteiger charge is 2.40. The highest BCUT2D eigenvalue weighted by atomic mass is 32.1. The molecule has 0 amide bonds. The van der Waals surface area contributed by atoms with E-state index in [0.717, 1.165) is 12.3 Å². The predicted octanol–water partition coefficient (Wildman–Crippen LogP) is 5.09. The van der Waals surface area contributed by atoms with Crippen LogP contribution in [-0.4, -0.2) is 18.5 Å². The van der Waals surface area contributed by atoms with Gasteiger partial charge in [-0.05, 0) is 56.1 Å². The fourth-order valence-electron chi connectivity index (χ4n) is 4.72. The standard InChI is InChI=1S/C21H23FO4S/c1-2-25-21(24)20-15(19-16(22)4-3-5-17(19)27-20)11-26-18(23)10-14-9-12-6-7-13(14)8-12/h3-5,12-14H,2,6-11H2,1H3/t12-,13-,14+/m1/s1. The molecule has 2 saturated carbocycles. The van der Waals surface area contributed by atoms with Gasteiger partial charge in [0.05, 0.1) is 6.61 Å². The average molecular weight is 390 g/mol. The molecule has 0 unspecified atom stereocenters. The van der Waals surface area contributed by atoms with Crippen molar-refractivity contribution in [3.8, 4) is 0 Å². The molecule has 2 aromatic rings. The zero-order chi connectivity index (χ0) is 19.0. The van der Waals surface area contributed by atoms with E-state index in [9.17, 15) is 14.0 Å². The van der Waals surface area contributed by atoms with Gasteiger partial charge in [-0.3, -0.25) is 4.79 Å². The zero-order valence-electron chi connectivity index (χ0n) is 15.3. The molecule has 2 aliphatic rings. The third-order valence-electron chi connectivity index (χ3n) is 5.91. The Morgan fingerprint density at radius 3 is 2.78 bits per heavy atom. The van der Waals surface area contributed by atoms with Gasteiger partial charge in [0, 0.05) is 22.1 Å². The number of ether oxygens (including phenoxy) is 2. The zero-order valence-corrected chi connectivity index (χ0v) is 16.1. The summed E-state index contributed by atoms with van der Waals surface area (Å²) >= 11 is 1.17. The van der Waals surface area contributed by atoms with Crippen molar-refractivity contribution in [2.45, 2.75) is 45.6 Å². The number of thiophene rings is 1. The van der Waals surface area contributed by atoms with Gasteiger partial charge in [-0.2, -0.15) is 0 Å². The highest BCUT2D eigenvalue weighted by Crippen LogP contribution is 2.49. The second-order valence-electron chi connectivity index (χ2n) is 7.54. The lowest BCUT2D eigenvalue weighted by atomic mass is 9.86. The van der Waals surface area contributed by atoms with Gasteiger partial charge in [0.1, 0.15) is 17.3 Å². The molecule has 0 radical (unpaired) electrons. The van der Waals surface area contributed by atoms with E-state index in [-0.39, 0.29) is 19.2 Å². The number of carbonyl (C=O) groups excluding carboxylic acids is 2. The van der Waals surface area contributed by atoms with Crippen LogP contribution in [0.15, 0.2) is 18.2 Å². The molecule has 0 aliphatic heterocycles. The number of benzene rings is 1. The maximum atomic E-state index is 14.4. The Hall–Kier alpha value is -1.95. The highest BCUT2D eigenvalue weighted by molar-refractivity contribution is 7.21. The van der Waals surface area contributed by atoms with Gasteiger partial charge in [0.2, 0.25) is 0 Å². The molecule has 3 atom stereocenters. The average Bonchev–Trinajstić information content (AvgIpc) is 3.34. The summed E-state index contributed by atoms with van der Waals surface area (Å²) in [7, 11) is 0. The number of fused-ring (bicyclic) bond motifs is 3. The molecule has 2 fully saturated rings. The minimum atomic E-state index is -0.503. The first-order valence-electron chi connectivity index (χ1n) is 9.59. The molecule has 4 rings (SSSR count). The largest absolute Gasteiger partial charge is 0.462 e. The molecule has 4 nitrogen and oxygen atoms in total. The fourth-order valence-corrected chi connectivity index (χ4v) is 5.83. The lowest BCUT2D eigenvalue weighted by molar-refractivity contribution is -0.146. The van der Waals surface area contributed by atoms with Crippen LogP contribution < -0.4 is 0 Å². The first-order valence-corrected chi connectivity index (χ1v) is 10.4. The minimum absolute atomic E-state index is 0.102. The molecule has 2 aliphatic carbocycles. The Balaban J connectivity index is 1.51. The number of esters is 2. The van der Waals surface area contributed by atoms with Gasteiger partial charge in [-0.25, -0.2) is 9.18 Å². The molecule has 27 heavy (non-hydrogen) atoms. The van der Waals surface area contributed by atoms with E-state index in [4.69, 9.17) is 9.47 Å². The van der Waals surface area contributed by atoms with Crippen LogP contribution in [0.3, 0.4) is 0 Å². The molecule has 0 N–H and O–H groups in total.